The molecule has 1 heterocycles. The molecule has 0 saturated carbocycles. The van der Waals surface area contributed by atoms with Gasteiger partial charge in [-0.3, -0.25) is 14.9 Å². The van der Waals surface area contributed by atoms with Crippen LogP contribution in [0.15, 0.2) is 54.7 Å². The normalized spacial score (nSPS) is 11.0. The summed E-state index contributed by atoms with van der Waals surface area (Å²) in [7, 11) is 0. The molecule has 1 aromatic heterocycles. The molecule has 134 valence electrons. The SMILES string of the molecule is CC(C)Cn1ccc2cc(NC(=O)Cc3ccc([N+](=O)[O-])cc3)ccc21. The Morgan fingerprint density at radius 3 is 2.54 bits per heavy atom. The van der Waals surface area contributed by atoms with Crippen molar-refractivity contribution in [2.45, 2.75) is 26.8 Å². The minimum absolute atomic E-state index is 0.0190. The molecule has 0 atom stereocenters. The molecule has 0 unspecified atom stereocenters. The maximum absolute atomic E-state index is 12.2. The quantitative estimate of drug-likeness (QED) is 0.528. The summed E-state index contributed by atoms with van der Waals surface area (Å²) in [6.07, 6.45) is 2.23. The zero-order chi connectivity index (χ0) is 18.7. The van der Waals surface area contributed by atoms with Crippen molar-refractivity contribution in [3.05, 3.63) is 70.4 Å². The molecule has 26 heavy (non-hydrogen) atoms. The number of hydrogen-bond acceptors (Lipinski definition) is 3. The summed E-state index contributed by atoms with van der Waals surface area (Å²) in [5.41, 5.74) is 2.64. The second-order valence-electron chi connectivity index (χ2n) is 6.78. The fourth-order valence-corrected chi connectivity index (χ4v) is 2.96. The molecule has 0 spiro atoms. The Hall–Kier alpha value is -3.15. The number of amides is 1. The third-order valence-corrected chi connectivity index (χ3v) is 4.13. The molecule has 0 aliphatic carbocycles. The van der Waals surface area contributed by atoms with Crippen LogP contribution in [0.3, 0.4) is 0 Å². The number of nitro groups is 1. The Labute approximate surface area is 151 Å². The molecular formula is C20H21N3O3. The fraction of sp³-hybridized carbons (Fsp3) is 0.250. The van der Waals surface area contributed by atoms with Crippen molar-refractivity contribution in [3.63, 3.8) is 0 Å². The largest absolute Gasteiger partial charge is 0.347 e. The number of rotatable bonds is 6. The van der Waals surface area contributed by atoms with Crippen molar-refractivity contribution in [1.29, 1.82) is 0 Å². The van der Waals surface area contributed by atoms with E-state index in [9.17, 15) is 14.9 Å². The van der Waals surface area contributed by atoms with Gasteiger partial charge < -0.3 is 9.88 Å². The number of fused-ring (bicyclic) bond motifs is 1. The number of carbonyl (C=O) groups excluding carboxylic acids is 1. The Kier molecular flexibility index (Phi) is 5.02. The lowest BCUT2D eigenvalue weighted by Gasteiger charge is -2.09. The summed E-state index contributed by atoms with van der Waals surface area (Å²) in [5.74, 6) is 0.409. The maximum Gasteiger partial charge on any atom is 0.269 e. The summed E-state index contributed by atoms with van der Waals surface area (Å²) in [6, 6.07) is 13.9. The molecule has 6 nitrogen and oxygen atoms in total. The highest BCUT2D eigenvalue weighted by molar-refractivity contribution is 5.95. The molecule has 0 bridgehead atoms. The van der Waals surface area contributed by atoms with Crippen LogP contribution in [0.2, 0.25) is 0 Å². The maximum atomic E-state index is 12.2. The molecule has 1 amide bonds. The monoisotopic (exact) mass is 351 g/mol. The van der Waals surface area contributed by atoms with Crippen molar-refractivity contribution in [2.75, 3.05) is 5.32 Å². The highest BCUT2D eigenvalue weighted by Gasteiger charge is 2.09. The number of benzene rings is 2. The second-order valence-corrected chi connectivity index (χ2v) is 6.78. The summed E-state index contributed by atoms with van der Waals surface area (Å²) in [6.45, 7) is 5.31. The lowest BCUT2D eigenvalue weighted by atomic mass is 10.1. The van der Waals surface area contributed by atoms with Crippen molar-refractivity contribution >= 4 is 28.2 Å². The number of anilines is 1. The number of nitrogens with one attached hydrogen (secondary N) is 1. The van der Waals surface area contributed by atoms with E-state index in [1.165, 1.54) is 12.1 Å². The minimum Gasteiger partial charge on any atom is -0.347 e. The molecule has 0 aliphatic heterocycles. The fourth-order valence-electron chi connectivity index (χ4n) is 2.96. The Bertz CT molecular complexity index is 943. The van der Waals surface area contributed by atoms with Crippen molar-refractivity contribution in [2.24, 2.45) is 5.92 Å². The van der Waals surface area contributed by atoms with E-state index in [2.05, 4.69) is 29.9 Å². The minimum atomic E-state index is -0.454. The summed E-state index contributed by atoms with van der Waals surface area (Å²) in [4.78, 5) is 22.5. The molecule has 3 rings (SSSR count). The first-order valence-corrected chi connectivity index (χ1v) is 8.54. The molecule has 2 aromatic carbocycles. The zero-order valence-electron chi connectivity index (χ0n) is 14.8. The predicted molar refractivity (Wildman–Crippen MR) is 102 cm³/mol. The van der Waals surface area contributed by atoms with E-state index in [4.69, 9.17) is 0 Å². The molecule has 0 aliphatic rings. The van der Waals surface area contributed by atoms with Gasteiger partial charge in [0.15, 0.2) is 0 Å². The van der Waals surface area contributed by atoms with Crippen LogP contribution in [0, 0.1) is 16.0 Å². The molecule has 3 aromatic rings. The molecule has 0 radical (unpaired) electrons. The smallest absolute Gasteiger partial charge is 0.269 e. The molecule has 1 N–H and O–H groups in total. The van der Waals surface area contributed by atoms with E-state index < -0.39 is 4.92 Å². The van der Waals surface area contributed by atoms with Gasteiger partial charge in [0.05, 0.1) is 11.3 Å². The number of nitro benzene ring substituents is 1. The second kappa shape index (κ2) is 7.39. The third-order valence-electron chi connectivity index (χ3n) is 4.13. The van der Waals surface area contributed by atoms with Crippen LogP contribution in [-0.4, -0.2) is 15.4 Å². The van der Waals surface area contributed by atoms with E-state index >= 15 is 0 Å². The van der Waals surface area contributed by atoms with E-state index in [1.807, 2.05) is 24.3 Å². The predicted octanol–water partition coefficient (Wildman–Crippen LogP) is 4.39. The topological polar surface area (TPSA) is 77.2 Å². The summed E-state index contributed by atoms with van der Waals surface area (Å²) < 4.78 is 2.21. The summed E-state index contributed by atoms with van der Waals surface area (Å²) >= 11 is 0. The van der Waals surface area contributed by atoms with Gasteiger partial charge in [-0.15, -0.1) is 0 Å². The number of non-ortho nitro benzene ring substituents is 1. The first kappa shape index (κ1) is 17.7. The zero-order valence-corrected chi connectivity index (χ0v) is 14.8. The summed E-state index contributed by atoms with van der Waals surface area (Å²) in [5, 5.41) is 14.6. The third kappa shape index (κ3) is 4.08. The van der Waals surface area contributed by atoms with E-state index in [0.717, 1.165) is 28.7 Å². The van der Waals surface area contributed by atoms with Gasteiger partial charge in [0.1, 0.15) is 0 Å². The Morgan fingerprint density at radius 2 is 1.88 bits per heavy atom. The number of nitrogens with zero attached hydrogens (tertiary/aromatic N) is 2. The Morgan fingerprint density at radius 1 is 1.15 bits per heavy atom. The van der Waals surface area contributed by atoms with Crippen LogP contribution >= 0.6 is 0 Å². The van der Waals surface area contributed by atoms with Gasteiger partial charge in [0.2, 0.25) is 5.91 Å². The van der Waals surface area contributed by atoms with Crippen LogP contribution in [0.1, 0.15) is 19.4 Å². The first-order valence-electron chi connectivity index (χ1n) is 8.54. The van der Waals surface area contributed by atoms with Crippen molar-refractivity contribution < 1.29 is 9.72 Å². The first-order chi connectivity index (χ1) is 12.4. The number of aromatic nitrogens is 1. The van der Waals surface area contributed by atoms with E-state index in [-0.39, 0.29) is 18.0 Å². The lowest BCUT2D eigenvalue weighted by Crippen LogP contribution is -2.14. The molecule has 0 fully saturated rings. The standard InChI is InChI=1S/C20H21N3O3/c1-14(2)13-22-10-9-16-12-17(5-8-19(16)22)21-20(24)11-15-3-6-18(7-4-15)23(25)26/h3-10,12,14H,11,13H2,1-2H3,(H,21,24). The number of hydrogen-bond donors (Lipinski definition) is 1. The molecule has 0 saturated heterocycles. The van der Waals surface area contributed by atoms with Gasteiger partial charge in [-0.25, -0.2) is 0 Å². The van der Waals surface area contributed by atoms with Crippen LogP contribution in [0.4, 0.5) is 11.4 Å². The lowest BCUT2D eigenvalue weighted by molar-refractivity contribution is -0.384. The van der Waals surface area contributed by atoms with Crippen LogP contribution in [0.5, 0.6) is 0 Å². The molecule has 6 heteroatoms. The van der Waals surface area contributed by atoms with Gasteiger partial charge in [-0.05, 0) is 35.7 Å². The van der Waals surface area contributed by atoms with Gasteiger partial charge in [0, 0.05) is 41.5 Å². The highest BCUT2D eigenvalue weighted by Crippen LogP contribution is 2.22. The van der Waals surface area contributed by atoms with Gasteiger partial charge in [-0.2, -0.15) is 0 Å². The molecular weight excluding hydrogens is 330 g/mol. The van der Waals surface area contributed by atoms with Crippen molar-refractivity contribution in [3.8, 4) is 0 Å². The van der Waals surface area contributed by atoms with Crippen LogP contribution in [0.25, 0.3) is 10.9 Å². The van der Waals surface area contributed by atoms with Crippen LogP contribution < -0.4 is 5.32 Å². The average Bonchev–Trinajstić information content (AvgIpc) is 2.96. The Balaban J connectivity index is 1.68. The van der Waals surface area contributed by atoms with Crippen molar-refractivity contribution in [1.82, 2.24) is 4.57 Å². The van der Waals surface area contributed by atoms with Crippen LogP contribution in [-0.2, 0) is 17.8 Å². The van der Waals surface area contributed by atoms with Gasteiger partial charge >= 0.3 is 0 Å². The number of carbonyl (C=O) groups is 1. The van der Waals surface area contributed by atoms with Gasteiger partial charge in [-0.1, -0.05) is 26.0 Å². The van der Waals surface area contributed by atoms with Gasteiger partial charge in [0.25, 0.3) is 5.69 Å². The average molecular weight is 351 g/mol. The highest BCUT2D eigenvalue weighted by atomic mass is 16.6. The van der Waals surface area contributed by atoms with E-state index in [0.29, 0.717) is 5.92 Å². The van der Waals surface area contributed by atoms with E-state index in [1.54, 1.807) is 12.1 Å².